The van der Waals surface area contributed by atoms with Gasteiger partial charge in [-0.25, -0.2) is 15.0 Å². The molecule has 0 saturated heterocycles. The van der Waals surface area contributed by atoms with Gasteiger partial charge in [-0.1, -0.05) is 47.2 Å². The summed E-state index contributed by atoms with van der Waals surface area (Å²) in [5, 5.41) is 7.59. The molecule has 2 aromatic carbocycles. The summed E-state index contributed by atoms with van der Waals surface area (Å²) in [5.41, 5.74) is 8.25. The second kappa shape index (κ2) is 6.54. The zero-order chi connectivity index (χ0) is 17.2. The molecular weight excluding hydrogens is 356 g/mol. The number of nitrogens with two attached hydrogens (primary N) is 1. The molecule has 0 aliphatic rings. The quantitative estimate of drug-likeness (QED) is 0.479. The molecule has 0 bridgehead atoms. The maximum absolute atomic E-state index is 6.21. The van der Waals surface area contributed by atoms with Gasteiger partial charge in [-0.2, -0.15) is 0 Å². The highest BCUT2D eigenvalue weighted by molar-refractivity contribution is 7.22. The van der Waals surface area contributed by atoms with Crippen molar-refractivity contribution in [2.45, 2.75) is 0 Å². The molecule has 4 N–H and O–H groups in total. The lowest BCUT2D eigenvalue weighted by atomic mass is 10.3. The Labute approximate surface area is 152 Å². The number of aromatic nitrogens is 3. The molecule has 4 rings (SSSR count). The van der Waals surface area contributed by atoms with E-state index in [9.17, 15) is 0 Å². The van der Waals surface area contributed by atoms with Gasteiger partial charge in [-0.05, 0) is 24.3 Å². The van der Waals surface area contributed by atoms with Crippen molar-refractivity contribution in [2.24, 2.45) is 0 Å². The van der Waals surface area contributed by atoms with Crippen molar-refractivity contribution >= 4 is 61.3 Å². The van der Waals surface area contributed by atoms with Crippen molar-refractivity contribution < 1.29 is 0 Å². The lowest BCUT2D eigenvalue weighted by molar-refractivity contribution is 1.17. The van der Waals surface area contributed by atoms with Crippen LogP contribution in [-0.4, -0.2) is 15.0 Å². The fourth-order valence-electron chi connectivity index (χ4n) is 2.31. The first-order valence-corrected chi connectivity index (χ1v) is 8.65. The molecule has 6 nitrogen and oxygen atoms in total. The predicted molar refractivity (Wildman–Crippen MR) is 104 cm³/mol. The summed E-state index contributed by atoms with van der Waals surface area (Å²) in [5.74, 6) is 0.968. The SMILES string of the molecule is Nc1c(Nc2nc3ccccc3s2)ncnc1Nc1ccccc1Cl. The van der Waals surface area contributed by atoms with Crippen LogP contribution in [0, 0.1) is 0 Å². The Balaban J connectivity index is 1.63. The lowest BCUT2D eigenvalue weighted by Crippen LogP contribution is -2.05. The predicted octanol–water partition coefficient (Wildman–Crippen LogP) is 4.81. The summed E-state index contributed by atoms with van der Waals surface area (Å²) in [6.07, 6.45) is 1.44. The first-order valence-electron chi connectivity index (χ1n) is 7.45. The van der Waals surface area contributed by atoms with E-state index in [1.54, 1.807) is 6.07 Å². The van der Waals surface area contributed by atoms with Crippen LogP contribution in [0.1, 0.15) is 0 Å². The Kier molecular flexibility index (Phi) is 4.09. The highest BCUT2D eigenvalue weighted by atomic mass is 35.5. The van der Waals surface area contributed by atoms with Crippen LogP contribution in [0.25, 0.3) is 10.2 Å². The van der Waals surface area contributed by atoms with Crippen molar-refractivity contribution in [3.05, 3.63) is 59.9 Å². The van der Waals surface area contributed by atoms with Gasteiger partial charge in [0.05, 0.1) is 20.9 Å². The van der Waals surface area contributed by atoms with E-state index < -0.39 is 0 Å². The fraction of sp³-hybridized carbons (Fsp3) is 0. The van der Waals surface area contributed by atoms with Crippen molar-refractivity contribution in [2.75, 3.05) is 16.4 Å². The number of nitrogens with zero attached hydrogens (tertiary/aromatic N) is 3. The van der Waals surface area contributed by atoms with E-state index in [1.807, 2.05) is 42.5 Å². The molecule has 0 atom stereocenters. The summed E-state index contributed by atoms with van der Waals surface area (Å²) in [6, 6.07) is 15.3. The molecule has 0 amide bonds. The van der Waals surface area contributed by atoms with Gasteiger partial charge < -0.3 is 16.4 Å². The second-order valence-corrected chi connectivity index (χ2v) is 6.64. The molecule has 2 heterocycles. The van der Waals surface area contributed by atoms with Crippen LogP contribution in [-0.2, 0) is 0 Å². The molecule has 0 unspecified atom stereocenters. The Bertz CT molecular complexity index is 1020. The zero-order valence-corrected chi connectivity index (χ0v) is 14.5. The number of hydrogen-bond acceptors (Lipinski definition) is 7. The monoisotopic (exact) mass is 368 g/mol. The third kappa shape index (κ3) is 3.19. The van der Waals surface area contributed by atoms with Crippen molar-refractivity contribution in [1.29, 1.82) is 0 Å². The van der Waals surface area contributed by atoms with Gasteiger partial charge in [0.25, 0.3) is 0 Å². The Morgan fingerprint density at radius 2 is 1.64 bits per heavy atom. The van der Waals surface area contributed by atoms with E-state index in [4.69, 9.17) is 17.3 Å². The van der Waals surface area contributed by atoms with E-state index in [0.29, 0.717) is 22.3 Å². The van der Waals surface area contributed by atoms with Crippen LogP contribution < -0.4 is 16.4 Å². The molecule has 25 heavy (non-hydrogen) atoms. The number of hydrogen-bond donors (Lipinski definition) is 3. The van der Waals surface area contributed by atoms with E-state index in [1.165, 1.54) is 17.7 Å². The number of para-hydroxylation sites is 2. The minimum absolute atomic E-state index is 0.390. The third-order valence-corrected chi connectivity index (χ3v) is 4.81. The maximum atomic E-state index is 6.21. The minimum atomic E-state index is 0.390. The molecule has 124 valence electrons. The zero-order valence-electron chi connectivity index (χ0n) is 12.9. The summed E-state index contributed by atoms with van der Waals surface area (Å²) in [4.78, 5) is 12.9. The average Bonchev–Trinajstić information content (AvgIpc) is 3.02. The second-order valence-electron chi connectivity index (χ2n) is 5.20. The fourth-order valence-corrected chi connectivity index (χ4v) is 3.36. The van der Waals surface area contributed by atoms with Gasteiger partial charge in [0.15, 0.2) is 16.8 Å². The number of benzene rings is 2. The highest BCUT2D eigenvalue weighted by Gasteiger charge is 2.12. The first-order chi connectivity index (χ1) is 12.2. The Morgan fingerprint density at radius 3 is 2.44 bits per heavy atom. The number of fused-ring (bicyclic) bond motifs is 1. The van der Waals surface area contributed by atoms with Crippen LogP contribution in [0.15, 0.2) is 54.9 Å². The van der Waals surface area contributed by atoms with E-state index in [-0.39, 0.29) is 0 Å². The van der Waals surface area contributed by atoms with Gasteiger partial charge in [0.1, 0.15) is 12.0 Å². The maximum Gasteiger partial charge on any atom is 0.189 e. The summed E-state index contributed by atoms with van der Waals surface area (Å²) in [6.45, 7) is 0. The van der Waals surface area contributed by atoms with Crippen LogP contribution in [0.2, 0.25) is 5.02 Å². The summed E-state index contributed by atoms with van der Waals surface area (Å²) < 4.78 is 1.09. The Morgan fingerprint density at radius 1 is 0.920 bits per heavy atom. The average molecular weight is 369 g/mol. The number of anilines is 5. The molecule has 0 radical (unpaired) electrons. The number of nitrogens with one attached hydrogen (secondary N) is 2. The first kappa shape index (κ1) is 15.6. The van der Waals surface area contributed by atoms with Gasteiger partial charge in [0.2, 0.25) is 0 Å². The van der Waals surface area contributed by atoms with E-state index in [0.717, 1.165) is 21.0 Å². The number of nitrogen functional groups attached to an aromatic ring is 1. The molecule has 4 aromatic rings. The largest absolute Gasteiger partial charge is 0.393 e. The van der Waals surface area contributed by atoms with Crippen LogP contribution in [0.5, 0.6) is 0 Å². The molecule has 2 aromatic heterocycles. The highest BCUT2D eigenvalue weighted by Crippen LogP contribution is 2.33. The van der Waals surface area contributed by atoms with Gasteiger partial charge >= 0.3 is 0 Å². The van der Waals surface area contributed by atoms with Crippen molar-refractivity contribution in [3.8, 4) is 0 Å². The van der Waals surface area contributed by atoms with Gasteiger partial charge in [-0.3, -0.25) is 0 Å². The standard InChI is InChI=1S/C17H13ClN6S/c18-10-5-1-2-6-11(10)22-15-14(19)16(21-9-20-15)24-17-23-12-7-3-4-8-13(12)25-17/h1-9H,19H2,(H2,20,21,22,23,24). The molecule has 0 fully saturated rings. The number of rotatable bonds is 4. The lowest BCUT2D eigenvalue weighted by Gasteiger charge is -2.12. The third-order valence-electron chi connectivity index (χ3n) is 3.53. The van der Waals surface area contributed by atoms with E-state index >= 15 is 0 Å². The minimum Gasteiger partial charge on any atom is -0.393 e. The Hall–Kier alpha value is -2.90. The smallest absolute Gasteiger partial charge is 0.189 e. The number of thiazole rings is 1. The molecule has 0 saturated carbocycles. The normalized spacial score (nSPS) is 10.8. The van der Waals surface area contributed by atoms with Crippen LogP contribution in [0.3, 0.4) is 0 Å². The molecule has 0 aliphatic carbocycles. The molecular formula is C17H13ClN6S. The van der Waals surface area contributed by atoms with Gasteiger partial charge in [0, 0.05) is 0 Å². The molecule has 8 heteroatoms. The summed E-state index contributed by atoms with van der Waals surface area (Å²) >= 11 is 7.70. The summed E-state index contributed by atoms with van der Waals surface area (Å²) in [7, 11) is 0. The molecule has 0 spiro atoms. The molecule has 0 aliphatic heterocycles. The van der Waals surface area contributed by atoms with Crippen LogP contribution in [0.4, 0.5) is 28.1 Å². The van der Waals surface area contributed by atoms with Gasteiger partial charge in [-0.15, -0.1) is 0 Å². The van der Waals surface area contributed by atoms with E-state index in [2.05, 4.69) is 25.6 Å². The van der Waals surface area contributed by atoms with Crippen LogP contribution >= 0.6 is 22.9 Å². The topological polar surface area (TPSA) is 88.8 Å². The number of halogens is 1. The van der Waals surface area contributed by atoms with Crippen molar-refractivity contribution in [3.63, 3.8) is 0 Å². The van der Waals surface area contributed by atoms with Crippen molar-refractivity contribution in [1.82, 2.24) is 15.0 Å².